The number of aryl methyl sites for hydroxylation is 1. The number of unbranched alkanes of at least 4 members (excludes halogenated alkanes) is 5. The number of benzene rings is 2. The first-order chi connectivity index (χ1) is 14.9. The van der Waals surface area contributed by atoms with Crippen molar-refractivity contribution in [1.29, 1.82) is 0 Å². The fraction of sp³-hybridized carbons (Fsp3) is 0.481. The van der Waals surface area contributed by atoms with Gasteiger partial charge in [0, 0.05) is 18.4 Å². The Morgan fingerprint density at radius 2 is 1.55 bits per heavy atom. The van der Waals surface area contributed by atoms with Crippen LogP contribution < -0.4 is 5.73 Å². The van der Waals surface area contributed by atoms with Crippen molar-refractivity contribution in [3.05, 3.63) is 77.4 Å². The predicted octanol–water partition coefficient (Wildman–Crippen LogP) is 6.03. The standard InChI is InChI=1S/C15H17N.C12H23O3/c1-12-7-9-13(10-8-12)11-15(16)14-5-3-2-4-6-14;1-2-3-4-5-6-7-8-11(13)9-10-12(14)15/h2-10,15H,11,16H2,1H3;13H,2-10H2,1H3,(H,14,15)/q;-1/p+1/t15-;/m0./s1. The van der Waals surface area contributed by atoms with Crippen molar-refractivity contribution < 1.29 is 20.7 Å². The van der Waals surface area contributed by atoms with Crippen molar-refractivity contribution in [2.75, 3.05) is 0 Å². The van der Waals surface area contributed by atoms with Gasteiger partial charge in [0.15, 0.2) is 0 Å². The van der Waals surface area contributed by atoms with E-state index >= 15 is 0 Å². The van der Waals surface area contributed by atoms with Crippen LogP contribution in [-0.2, 0) is 11.2 Å². The van der Waals surface area contributed by atoms with Crippen molar-refractivity contribution in [3.8, 4) is 0 Å². The van der Waals surface area contributed by atoms with Gasteiger partial charge in [-0.1, -0.05) is 106 Å². The van der Waals surface area contributed by atoms with Gasteiger partial charge in [0.2, 0.25) is 0 Å². The summed E-state index contributed by atoms with van der Waals surface area (Å²) < 4.78 is 0. The second-order valence-electron chi connectivity index (χ2n) is 8.28. The number of carboxylic acid groups (broad SMARTS) is 1. The van der Waals surface area contributed by atoms with E-state index < -0.39 is 5.97 Å². The summed E-state index contributed by atoms with van der Waals surface area (Å²) in [7, 11) is 0. The number of carboxylic acids is 1. The molecule has 4 nitrogen and oxygen atoms in total. The van der Waals surface area contributed by atoms with Crippen molar-refractivity contribution in [3.63, 3.8) is 0 Å². The van der Waals surface area contributed by atoms with Gasteiger partial charge in [-0.25, -0.2) is 0 Å². The van der Waals surface area contributed by atoms with Crippen LogP contribution in [0.5, 0.6) is 0 Å². The Kier molecular flexibility index (Phi) is 14.3. The van der Waals surface area contributed by atoms with Crippen LogP contribution >= 0.6 is 0 Å². The number of aliphatic hydroxyl groups excluding tert-OH is 1. The number of rotatable bonds is 13. The zero-order valence-electron chi connectivity index (χ0n) is 19.4. The molecule has 0 radical (unpaired) electrons. The minimum atomic E-state index is -0.843. The summed E-state index contributed by atoms with van der Waals surface area (Å²) in [5, 5.41) is 17.8. The molecule has 4 heteroatoms. The van der Waals surface area contributed by atoms with Crippen LogP contribution in [0.25, 0.3) is 0 Å². The Balaban J connectivity index is 0.000000311. The lowest BCUT2D eigenvalue weighted by molar-refractivity contribution is -0.426. The van der Waals surface area contributed by atoms with E-state index in [1.54, 1.807) is 0 Å². The molecule has 0 unspecified atom stereocenters. The molecule has 2 aromatic carbocycles. The molecule has 5 N–H and O–H groups in total. The fourth-order valence-corrected chi connectivity index (χ4v) is 3.34. The number of hydrogen-bond acceptors (Lipinski definition) is 2. The van der Waals surface area contributed by atoms with Gasteiger partial charge in [-0.15, -0.1) is 6.42 Å². The molecule has 0 amide bonds. The van der Waals surface area contributed by atoms with Crippen molar-refractivity contribution in [2.45, 2.75) is 84.1 Å². The Morgan fingerprint density at radius 1 is 0.935 bits per heavy atom. The van der Waals surface area contributed by atoms with Crippen LogP contribution in [0.2, 0.25) is 0 Å². The van der Waals surface area contributed by atoms with Crippen molar-refractivity contribution >= 4 is 5.97 Å². The summed E-state index contributed by atoms with van der Waals surface area (Å²) in [4.78, 5) is 10.2. The maximum Gasteiger partial charge on any atom is 0.300 e. The molecule has 0 aliphatic heterocycles. The molecule has 1 atom stereocenters. The van der Waals surface area contributed by atoms with Crippen LogP contribution in [0, 0.1) is 13.0 Å². The van der Waals surface area contributed by atoms with Crippen LogP contribution in [0.4, 0.5) is 0 Å². The third-order valence-electron chi connectivity index (χ3n) is 5.32. The fourth-order valence-electron chi connectivity index (χ4n) is 3.34. The van der Waals surface area contributed by atoms with Gasteiger partial charge in [0.1, 0.15) is 6.04 Å². The van der Waals surface area contributed by atoms with Gasteiger partial charge < -0.3 is 15.9 Å². The van der Waals surface area contributed by atoms with E-state index in [1.807, 2.05) is 6.07 Å². The Hall–Kier alpha value is -2.17. The van der Waals surface area contributed by atoms with Gasteiger partial charge in [0.05, 0.1) is 0 Å². The lowest BCUT2D eigenvalue weighted by atomic mass is 9.99. The molecule has 2 rings (SSSR count). The molecule has 0 heterocycles. The molecule has 0 aliphatic carbocycles. The minimum absolute atomic E-state index is 0.0433. The molecule has 2 aromatic rings. The summed E-state index contributed by atoms with van der Waals surface area (Å²) in [6.45, 7) is 4.30. The van der Waals surface area contributed by atoms with E-state index in [0.29, 0.717) is 25.0 Å². The van der Waals surface area contributed by atoms with E-state index in [1.165, 1.54) is 42.4 Å². The summed E-state index contributed by atoms with van der Waals surface area (Å²) in [6.07, 6.45) is 9.51. The second kappa shape index (κ2) is 16.5. The summed E-state index contributed by atoms with van der Waals surface area (Å²) >= 11 is 0. The van der Waals surface area contributed by atoms with E-state index in [4.69, 9.17) is 5.11 Å². The smallest absolute Gasteiger partial charge is 0.300 e. The lowest BCUT2D eigenvalue weighted by Crippen LogP contribution is -2.54. The van der Waals surface area contributed by atoms with E-state index in [-0.39, 0.29) is 6.42 Å². The molecule has 0 saturated heterocycles. The molecule has 0 fully saturated rings. The quantitative estimate of drug-likeness (QED) is 0.270. The Bertz CT molecular complexity index is 700. The van der Waals surface area contributed by atoms with Gasteiger partial charge in [-0.05, 0) is 12.5 Å². The number of hydrogen-bond donors (Lipinski definition) is 3. The SMILES string of the molecule is CCCCCCCC[C-](O)CCC(=O)O.Cc1ccc(C[C@H]([NH3+])c2ccccc2)cc1. The molecule has 31 heavy (non-hydrogen) atoms. The number of carbonyl (C=O) groups is 1. The van der Waals surface area contributed by atoms with E-state index in [2.05, 4.69) is 68.1 Å². The summed E-state index contributed by atoms with van der Waals surface area (Å²) in [5.41, 5.74) is 8.20. The number of aliphatic hydroxyl groups is 1. The zero-order chi connectivity index (χ0) is 22.9. The third kappa shape index (κ3) is 13.7. The summed E-state index contributed by atoms with van der Waals surface area (Å²) in [6, 6.07) is 19.5. The van der Waals surface area contributed by atoms with Gasteiger partial charge in [0.25, 0.3) is 0 Å². The highest BCUT2D eigenvalue weighted by Crippen LogP contribution is 2.16. The van der Waals surface area contributed by atoms with Crippen LogP contribution in [0.3, 0.4) is 0 Å². The van der Waals surface area contributed by atoms with Crippen molar-refractivity contribution in [1.82, 2.24) is 0 Å². The summed E-state index contributed by atoms with van der Waals surface area (Å²) in [5.74, 6) is -0.843. The van der Waals surface area contributed by atoms with Crippen molar-refractivity contribution in [2.24, 2.45) is 0 Å². The second-order valence-corrected chi connectivity index (χ2v) is 8.28. The first-order valence-electron chi connectivity index (χ1n) is 11.6. The van der Waals surface area contributed by atoms with Gasteiger partial charge in [-0.3, -0.25) is 4.79 Å². The van der Waals surface area contributed by atoms with Gasteiger partial charge in [-0.2, -0.15) is 12.5 Å². The Labute approximate surface area is 188 Å². The van der Waals surface area contributed by atoms with Crippen LogP contribution in [0.1, 0.15) is 87.4 Å². The molecule has 172 valence electrons. The van der Waals surface area contributed by atoms with Crippen LogP contribution in [0.15, 0.2) is 54.6 Å². The van der Waals surface area contributed by atoms with E-state index in [9.17, 15) is 9.90 Å². The molecular weight excluding hydrogens is 386 g/mol. The number of aliphatic carboxylic acids is 1. The highest BCUT2D eigenvalue weighted by Gasteiger charge is 2.09. The first kappa shape index (κ1) is 26.9. The predicted molar refractivity (Wildman–Crippen MR) is 127 cm³/mol. The first-order valence-corrected chi connectivity index (χ1v) is 11.6. The lowest BCUT2D eigenvalue weighted by Gasteiger charge is -2.21. The molecule has 0 bridgehead atoms. The maximum atomic E-state index is 10.2. The monoisotopic (exact) mass is 427 g/mol. The number of quaternary nitrogens is 1. The highest BCUT2D eigenvalue weighted by molar-refractivity contribution is 5.66. The average molecular weight is 428 g/mol. The highest BCUT2D eigenvalue weighted by atomic mass is 16.4. The zero-order valence-corrected chi connectivity index (χ0v) is 19.4. The molecule has 0 saturated carbocycles. The normalized spacial score (nSPS) is 11.6. The minimum Gasteiger partial charge on any atom is -0.563 e. The molecular formula is C27H41NO3. The molecule has 0 aromatic heterocycles. The van der Waals surface area contributed by atoms with E-state index in [0.717, 1.165) is 19.3 Å². The van der Waals surface area contributed by atoms with Gasteiger partial charge >= 0.3 is 5.97 Å². The Morgan fingerprint density at radius 3 is 2.16 bits per heavy atom. The molecule has 0 aliphatic rings. The topological polar surface area (TPSA) is 85.2 Å². The third-order valence-corrected chi connectivity index (χ3v) is 5.32. The average Bonchev–Trinajstić information content (AvgIpc) is 2.77. The maximum absolute atomic E-state index is 10.2. The van der Waals surface area contributed by atoms with Crippen LogP contribution in [-0.4, -0.2) is 16.2 Å². The molecule has 0 spiro atoms. The largest absolute Gasteiger partial charge is 0.563 e.